The molecule has 4 aromatic rings. The monoisotopic (exact) mass is 530 g/mol. The van der Waals surface area contributed by atoms with Crippen LogP contribution in [0.2, 0.25) is 0 Å². The Morgan fingerprint density at radius 3 is 2.54 bits per heavy atom. The van der Waals surface area contributed by atoms with Crippen molar-refractivity contribution in [1.29, 1.82) is 0 Å². The number of methoxy groups -OCH3 is 2. The molecule has 0 spiro atoms. The standard InChI is InChI=1S/C27H34N10O2/c1-35(2)20-9-12-36(13-10-20)11-5-6-18-7-8-19(16-29-18)32-27-33-26(28)37(34-27)25-21-14-23(38-3)24(39-4)15-22(21)30-17-31-25/h5-8,14-17,20H,9-13H2,1-4H3,(H3,28,32,33,34)/b6-5+. The summed E-state index contributed by atoms with van der Waals surface area (Å²) in [6, 6.07) is 8.15. The minimum Gasteiger partial charge on any atom is -0.493 e. The molecule has 0 aliphatic carbocycles. The molecule has 0 atom stereocenters. The Balaban J connectivity index is 1.25. The Bertz CT molecular complexity index is 1440. The highest BCUT2D eigenvalue weighted by Gasteiger charge is 2.19. The summed E-state index contributed by atoms with van der Waals surface area (Å²) in [7, 11) is 7.48. The maximum Gasteiger partial charge on any atom is 0.248 e. The minimum absolute atomic E-state index is 0.175. The molecular weight excluding hydrogens is 496 g/mol. The first-order valence-electron chi connectivity index (χ1n) is 12.8. The second kappa shape index (κ2) is 11.6. The molecule has 1 saturated heterocycles. The molecule has 204 valence electrons. The first-order valence-corrected chi connectivity index (χ1v) is 12.8. The number of aromatic nitrogens is 6. The number of ether oxygens (including phenoxy) is 2. The third-order valence-corrected chi connectivity index (χ3v) is 6.93. The average Bonchev–Trinajstić information content (AvgIpc) is 3.32. The van der Waals surface area contributed by atoms with Gasteiger partial charge >= 0.3 is 0 Å². The Labute approximate surface area is 227 Å². The summed E-state index contributed by atoms with van der Waals surface area (Å²) in [5.74, 6) is 2.09. The van der Waals surface area contributed by atoms with E-state index in [9.17, 15) is 0 Å². The molecule has 3 aromatic heterocycles. The highest BCUT2D eigenvalue weighted by atomic mass is 16.5. The number of hydrogen-bond donors (Lipinski definition) is 2. The van der Waals surface area contributed by atoms with Crippen LogP contribution in [0.4, 0.5) is 17.6 Å². The van der Waals surface area contributed by atoms with Gasteiger partial charge in [-0.05, 0) is 64.3 Å². The van der Waals surface area contributed by atoms with Crippen molar-refractivity contribution in [1.82, 2.24) is 39.5 Å². The van der Waals surface area contributed by atoms with E-state index in [2.05, 4.69) is 66.4 Å². The number of hydrogen-bond acceptors (Lipinski definition) is 11. The number of fused-ring (bicyclic) bond motifs is 1. The molecule has 3 N–H and O–H groups in total. The summed E-state index contributed by atoms with van der Waals surface area (Å²) in [5.41, 5.74) is 8.50. The van der Waals surface area contributed by atoms with E-state index in [1.54, 1.807) is 32.5 Å². The number of piperidine rings is 1. The molecule has 0 radical (unpaired) electrons. The van der Waals surface area contributed by atoms with E-state index in [1.807, 2.05) is 12.1 Å². The lowest BCUT2D eigenvalue weighted by molar-refractivity contribution is 0.155. The molecule has 1 aliphatic heterocycles. The highest BCUT2D eigenvalue weighted by molar-refractivity contribution is 5.88. The van der Waals surface area contributed by atoms with Crippen LogP contribution in [0.3, 0.4) is 0 Å². The molecular formula is C27H34N10O2. The van der Waals surface area contributed by atoms with E-state index in [0.29, 0.717) is 40.2 Å². The molecule has 12 heteroatoms. The molecule has 1 aromatic carbocycles. The van der Waals surface area contributed by atoms with Crippen LogP contribution < -0.4 is 20.5 Å². The van der Waals surface area contributed by atoms with Gasteiger partial charge in [0.25, 0.3) is 0 Å². The fraction of sp³-hybridized carbons (Fsp3) is 0.370. The predicted molar refractivity (Wildman–Crippen MR) is 152 cm³/mol. The van der Waals surface area contributed by atoms with Crippen molar-refractivity contribution in [2.45, 2.75) is 18.9 Å². The molecule has 39 heavy (non-hydrogen) atoms. The summed E-state index contributed by atoms with van der Waals surface area (Å²) < 4.78 is 12.3. The zero-order chi connectivity index (χ0) is 27.4. The van der Waals surface area contributed by atoms with Gasteiger partial charge in [0, 0.05) is 24.0 Å². The highest BCUT2D eigenvalue weighted by Crippen LogP contribution is 2.33. The molecule has 1 fully saturated rings. The summed E-state index contributed by atoms with van der Waals surface area (Å²) in [6.45, 7) is 3.18. The van der Waals surface area contributed by atoms with Crippen LogP contribution in [0.15, 0.2) is 42.9 Å². The van der Waals surface area contributed by atoms with E-state index in [0.717, 1.165) is 31.0 Å². The van der Waals surface area contributed by atoms with Gasteiger partial charge in [0.1, 0.15) is 6.33 Å². The van der Waals surface area contributed by atoms with Crippen molar-refractivity contribution in [3.05, 3.63) is 48.6 Å². The number of pyridine rings is 1. The molecule has 5 rings (SSSR count). The zero-order valence-electron chi connectivity index (χ0n) is 22.7. The Kier molecular flexibility index (Phi) is 7.84. The maximum absolute atomic E-state index is 6.21. The Morgan fingerprint density at radius 1 is 1.08 bits per heavy atom. The van der Waals surface area contributed by atoms with Gasteiger partial charge in [-0.3, -0.25) is 9.88 Å². The molecule has 4 heterocycles. The topological polar surface area (TPSA) is 132 Å². The predicted octanol–water partition coefficient (Wildman–Crippen LogP) is 2.99. The number of nitrogens with zero attached hydrogens (tertiary/aromatic N) is 8. The van der Waals surface area contributed by atoms with Gasteiger partial charge in [0.15, 0.2) is 17.3 Å². The van der Waals surface area contributed by atoms with E-state index < -0.39 is 0 Å². The molecule has 0 saturated carbocycles. The van der Waals surface area contributed by atoms with Crippen molar-refractivity contribution >= 4 is 34.6 Å². The zero-order valence-corrected chi connectivity index (χ0v) is 22.7. The van der Waals surface area contributed by atoms with Crippen LogP contribution in [0, 0.1) is 0 Å². The van der Waals surface area contributed by atoms with Gasteiger partial charge in [-0.15, -0.1) is 5.10 Å². The van der Waals surface area contributed by atoms with Crippen LogP contribution in [-0.2, 0) is 0 Å². The largest absolute Gasteiger partial charge is 0.493 e. The lowest BCUT2D eigenvalue weighted by Gasteiger charge is -2.34. The van der Waals surface area contributed by atoms with E-state index in [-0.39, 0.29) is 5.95 Å². The Morgan fingerprint density at radius 2 is 1.85 bits per heavy atom. The lowest BCUT2D eigenvalue weighted by Crippen LogP contribution is -2.41. The van der Waals surface area contributed by atoms with Gasteiger partial charge in [-0.1, -0.05) is 6.08 Å². The summed E-state index contributed by atoms with van der Waals surface area (Å²) in [6.07, 6.45) is 9.84. The second-order valence-electron chi connectivity index (χ2n) is 9.62. The van der Waals surface area contributed by atoms with Crippen LogP contribution in [0.5, 0.6) is 11.5 Å². The minimum atomic E-state index is 0.175. The smallest absolute Gasteiger partial charge is 0.248 e. The first-order chi connectivity index (χ1) is 18.9. The van der Waals surface area contributed by atoms with Crippen molar-refractivity contribution in [3.63, 3.8) is 0 Å². The van der Waals surface area contributed by atoms with Crippen molar-refractivity contribution in [2.75, 3.05) is 59.0 Å². The quantitative estimate of drug-likeness (QED) is 0.331. The van der Waals surface area contributed by atoms with Crippen LogP contribution in [-0.4, -0.2) is 93.5 Å². The second-order valence-corrected chi connectivity index (χ2v) is 9.62. The lowest BCUT2D eigenvalue weighted by atomic mass is 10.0. The summed E-state index contributed by atoms with van der Waals surface area (Å²) >= 11 is 0. The number of benzene rings is 1. The van der Waals surface area contributed by atoms with E-state index in [1.165, 1.54) is 23.9 Å². The normalized spacial score (nSPS) is 14.9. The summed E-state index contributed by atoms with van der Waals surface area (Å²) in [4.78, 5) is 22.4. The number of nitrogens with one attached hydrogen (secondary N) is 1. The SMILES string of the molecule is COc1cc2ncnc(-n3nc(Nc4ccc(/C=C/CN5CCC(N(C)C)CC5)nc4)nc3N)c2cc1OC. The third kappa shape index (κ3) is 5.91. The van der Waals surface area contributed by atoms with Gasteiger partial charge in [0.05, 0.1) is 37.3 Å². The third-order valence-electron chi connectivity index (χ3n) is 6.93. The van der Waals surface area contributed by atoms with Gasteiger partial charge in [-0.2, -0.15) is 9.67 Å². The number of likely N-dealkylation sites (tertiary alicyclic amines) is 1. The maximum atomic E-state index is 6.21. The Hall–Kier alpha value is -4.29. The van der Waals surface area contributed by atoms with Crippen LogP contribution in [0.1, 0.15) is 18.5 Å². The fourth-order valence-corrected chi connectivity index (χ4v) is 4.72. The summed E-state index contributed by atoms with van der Waals surface area (Å²) in [5, 5.41) is 8.38. The molecule has 0 bridgehead atoms. The van der Waals surface area contributed by atoms with Gasteiger partial charge in [-0.25, -0.2) is 9.97 Å². The number of nitrogens with two attached hydrogens (primary N) is 1. The molecule has 1 aliphatic rings. The van der Waals surface area contributed by atoms with Gasteiger partial charge in [0.2, 0.25) is 11.9 Å². The van der Waals surface area contributed by atoms with Crippen molar-refractivity contribution in [3.8, 4) is 17.3 Å². The van der Waals surface area contributed by atoms with Crippen LogP contribution >= 0.6 is 0 Å². The van der Waals surface area contributed by atoms with Crippen molar-refractivity contribution in [2.24, 2.45) is 0 Å². The molecule has 0 amide bonds. The average molecular weight is 531 g/mol. The van der Waals surface area contributed by atoms with E-state index >= 15 is 0 Å². The fourth-order valence-electron chi connectivity index (χ4n) is 4.72. The van der Waals surface area contributed by atoms with Gasteiger partial charge < -0.3 is 25.4 Å². The van der Waals surface area contributed by atoms with E-state index in [4.69, 9.17) is 15.2 Å². The first kappa shape index (κ1) is 26.3. The molecule has 0 unspecified atom stereocenters. The van der Waals surface area contributed by atoms with Crippen LogP contribution in [0.25, 0.3) is 22.8 Å². The number of nitrogen functional groups attached to an aromatic ring is 1. The van der Waals surface area contributed by atoms with Crippen molar-refractivity contribution < 1.29 is 9.47 Å². The molecule has 12 nitrogen and oxygen atoms in total. The number of anilines is 3. The number of rotatable bonds is 9.